The lowest BCUT2D eigenvalue weighted by Crippen LogP contribution is -2.33. The smallest absolute Gasteiger partial charge is 0.0502 e. The highest BCUT2D eigenvalue weighted by Gasteiger charge is 2.34. The van der Waals surface area contributed by atoms with Crippen molar-refractivity contribution >= 4 is 11.6 Å². The number of hydrogen-bond donors (Lipinski definition) is 2. The molecule has 82 valence electrons. The van der Waals surface area contributed by atoms with Gasteiger partial charge < -0.3 is 0 Å². The van der Waals surface area contributed by atoms with E-state index in [0.717, 1.165) is 16.5 Å². The van der Waals surface area contributed by atoms with Gasteiger partial charge in [-0.1, -0.05) is 36.7 Å². The highest BCUT2D eigenvalue weighted by molar-refractivity contribution is 6.31. The molecular formula is C12H17ClN2. The number of benzene rings is 1. The molecule has 15 heavy (non-hydrogen) atoms. The van der Waals surface area contributed by atoms with Crippen LogP contribution in [0.1, 0.15) is 31.4 Å². The van der Waals surface area contributed by atoms with Gasteiger partial charge in [0, 0.05) is 5.02 Å². The Bertz CT molecular complexity index is 336. The van der Waals surface area contributed by atoms with Crippen molar-refractivity contribution in [2.75, 3.05) is 0 Å². The Labute approximate surface area is 95.8 Å². The molecule has 2 rings (SSSR count). The average Bonchev–Trinajstić information content (AvgIpc) is 3.05. The predicted octanol–water partition coefficient (Wildman–Crippen LogP) is 2.89. The van der Waals surface area contributed by atoms with E-state index in [1.54, 1.807) is 0 Å². The molecule has 1 aromatic carbocycles. The van der Waals surface area contributed by atoms with Crippen LogP contribution in [0.25, 0.3) is 0 Å². The third-order valence-electron chi connectivity index (χ3n) is 3.31. The number of hydrazine groups is 1. The molecule has 0 heterocycles. The molecule has 3 heteroatoms. The maximum atomic E-state index is 6.17. The largest absolute Gasteiger partial charge is 0.271 e. The van der Waals surface area contributed by atoms with Crippen molar-refractivity contribution < 1.29 is 0 Å². The van der Waals surface area contributed by atoms with Gasteiger partial charge in [0.15, 0.2) is 0 Å². The molecule has 0 saturated heterocycles. The topological polar surface area (TPSA) is 38.0 Å². The molecule has 2 atom stereocenters. The number of nitrogens with one attached hydrogen (secondary N) is 1. The zero-order chi connectivity index (χ0) is 10.8. The first-order chi connectivity index (χ1) is 7.24. The third kappa shape index (κ3) is 2.33. The van der Waals surface area contributed by atoms with Gasteiger partial charge in [-0.05, 0) is 36.3 Å². The number of halogens is 1. The minimum atomic E-state index is 0.172. The molecule has 2 unspecified atom stereocenters. The van der Waals surface area contributed by atoms with Crippen LogP contribution in [0, 0.1) is 11.8 Å². The monoisotopic (exact) mass is 224 g/mol. The summed E-state index contributed by atoms with van der Waals surface area (Å²) in [6.07, 6.45) is 2.65. The molecular weight excluding hydrogens is 208 g/mol. The second kappa shape index (κ2) is 4.52. The molecule has 1 aliphatic carbocycles. The minimum Gasteiger partial charge on any atom is -0.271 e. The van der Waals surface area contributed by atoms with Gasteiger partial charge in [0.1, 0.15) is 0 Å². The van der Waals surface area contributed by atoms with Crippen molar-refractivity contribution in [3.8, 4) is 0 Å². The lowest BCUT2D eigenvalue weighted by molar-refractivity contribution is 0.354. The lowest BCUT2D eigenvalue weighted by Gasteiger charge is -2.24. The van der Waals surface area contributed by atoms with Crippen LogP contribution in [0.15, 0.2) is 24.3 Å². The normalized spacial score (nSPS) is 19.9. The molecule has 0 aromatic heterocycles. The maximum absolute atomic E-state index is 6.17. The molecule has 0 aliphatic heterocycles. The Morgan fingerprint density at radius 1 is 1.40 bits per heavy atom. The van der Waals surface area contributed by atoms with Crippen LogP contribution in [0.4, 0.5) is 0 Å². The number of hydrogen-bond acceptors (Lipinski definition) is 2. The van der Waals surface area contributed by atoms with E-state index in [1.807, 2.05) is 24.3 Å². The Morgan fingerprint density at radius 3 is 2.60 bits per heavy atom. The molecule has 1 aromatic rings. The summed E-state index contributed by atoms with van der Waals surface area (Å²) in [5, 5.41) is 0.799. The predicted molar refractivity (Wildman–Crippen MR) is 63.4 cm³/mol. The highest BCUT2D eigenvalue weighted by Crippen LogP contribution is 2.43. The fraction of sp³-hybridized carbons (Fsp3) is 0.500. The van der Waals surface area contributed by atoms with E-state index in [1.165, 1.54) is 12.8 Å². The van der Waals surface area contributed by atoms with E-state index in [0.29, 0.717) is 5.92 Å². The summed E-state index contributed by atoms with van der Waals surface area (Å²) in [6, 6.07) is 8.09. The first-order valence-electron chi connectivity index (χ1n) is 5.44. The molecule has 0 bridgehead atoms. The molecule has 0 radical (unpaired) electrons. The molecule has 0 spiro atoms. The summed E-state index contributed by atoms with van der Waals surface area (Å²) in [7, 11) is 0. The van der Waals surface area contributed by atoms with Gasteiger partial charge in [0.2, 0.25) is 0 Å². The Kier molecular flexibility index (Phi) is 3.29. The summed E-state index contributed by atoms with van der Waals surface area (Å²) < 4.78 is 0. The van der Waals surface area contributed by atoms with Gasteiger partial charge >= 0.3 is 0 Å². The van der Waals surface area contributed by atoms with Crippen LogP contribution in [0.5, 0.6) is 0 Å². The van der Waals surface area contributed by atoms with Crippen molar-refractivity contribution in [1.29, 1.82) is 0 Å². The summed E-state index contributed by atoms with van der Waals surface area (Å²) >= 11 is 6.17. The van der Waals surface area contributed by atoms with E-state index >= 15 is 0 Å². The van der Waals surface area contributed by atoms with E-state index in [4.69, 9.17) is 17.4 Å². The quantitative estimate of drug-likeness (QED) is 0.610. The van der Waals surface area contributed by atoms with E-state index in [-0.39, 0.29) is 6.04 Å². The second-order valence-electron chi connectivity index (χ2n) is 4.36. The Hall–Kier alpha value is -0.570. The van der Waals surface area contributed by atoms with Crippen molar-refractivity contribution in [3.63, 3.8) is 0 Å². The average molecular weight is 225 g/mol. The zero-order valence-corrected chi connectivity index (χ0v) is 9.67. The maximum Gasteiger partial charge on any atom is 0.0502 e. The SMILES string of the molecule is CC(C1CC1)C(NN)c1ccccc1Cl. The Morgan fingerprint density at radius 2 is 2.07 bits per heavy atom. The number of nitrogens with two attached hydrogens (primary N) is 1. The standard InChI is InChI=1S/C12H17ClN2/c1-8(9-6-7-9)12(15-14)10-4-2-3-5-11(10)13/h2-5,8-9,12,15H,6-7,14H2,1H3. The fourth-order valence-electron chi connectivity index (χ4n) is 2.15. The van der Waals surface area contributed by atoms with Crippen molar-refractivity contribution in [2.24, 2.45) is 17.7 Å². The van der Waals surface area contributed by atoms with Crippen LogP contribution >= 0.6 is 11.6 Å². The zero-order valence-electron chi connectivity index (χ0n) is 8.91. The van der Waals surface area contributed by atoms with Gasteiger partial charge in [-0.15, -0.1) is 0 Å². The summed E-state index contributed by atoms with van der Waals surface area (Å²) in [6.45, 7) is 2.24. The molecule has 0 amide bonds. The lowest BCUT2D eigenvalue weighted by atomic mass is 9.91. The van der Waals surface area contributed by atoms with Crippen LogP contribution in [-0.2, 0) is 0 Å². The molecule has 2 nitrogen and oxygen atoms in total. The summed E-state index contributed by atoms with van der Waals surface area (Å²) in [4.78, 5) is 0. The van der Waals surface area contributed by atoms with Gasteiger partial charge in [-0.25, -0.2) is 0 Å². The molecule has 1 saturated carbocycles. The Balaban J connectivity index is 2.21. The first-order valence-corrected chi connectivity index (χ1v) is 5.82. The van der Waals surface area contributed by atoms with Gasteiger partial charge in [-0.2, -0.15) is 0 Å². The van der Waals surface area contributed by atoms with Gasteiger partial charge in [-0.3, -0.25) is 11.3 Å². The second-order valence-corrected chi connectivity index (χ2v) is 4.77. The first kappa shape index (κ1) is 10.9. The van der Waals surface area contributed by atoms with Crippen LogP contribution < -0.4 is 11.3 Å². The summed E-state index contributed by atoms with van der Waals surface area (Å²) in [5.74, 6) is 6.99. The van der Waals surface area contributed by atoms with Gasteiger partial charge in [0.05, 0.1) is 6.04 Å². The van der Waals surface area contributed by atoms with Crippen molar-refractivity contribution in [1.82, 2.24) is 5.43 Å². The van der Waals surface area contributed by atoms with Gasteiger partial charge in [0.25, 0.3) is 0 Å². The molecule has 1 fully saturated rings. The summed E-state index contributed by atoms with van der Waals surface area (Å²) in [5.41, 5.74) is 4.01. The third-order valence-corrected chi connectivity index (χ3v) is 3.66. The fourth-order valence-corrected chi connectivity index (χ4v) is 2.40. The number of rotatable bonds is 4. The van der Waals surface area contributed by atoms with Crippen LogP contribution in [-0.4, -0.2) is 0 Å². The van der Waals surface area contributed by atoms with Crippen LogP contribution in [0.2, 0.25) is 5.02 Å². The van der Waals surface area contributed by atoms with E-state index < -0.39 is 0 Å². The van der Waals surface area contributed by atoms with E-state index in [9.17, 15) is 0 Å². The molecule has 3 N–H and O–H groups in total. The molecule has 1 aliphatic rings. The van der Waals surface area contributed by atoms with Crippen LogP contribution in [0.3, 0.4) is 0 Å². The van der Waals surface area contributed by atoms with Crippen molar-refractivity contribution in [3.05, 3.63) is 34.9 Å². The minimum absolute atomic E-state index is 0.172. The highest BCUT2D eigenvalue weighted by atomic mass is 35.5. The van der Waals surface area contributed by atoms with E-state index in [2.05, 4.69) is 12.3 Å². The van der Waals surface area contributed by atoms with Crippen molar-refractivity contribution in [2.45, 2.75) is 25.8 Å².